The van der Waals surface area contributed by atoms with Crippen LogP contribution in [-0.4, -0.2) is 29.2 Å². The molecule has 2 heterocycles. The van der Waals surface area contributed by atoms with Gasteiger partial charge in [0.2, 0.25) is 5.91 Å². The molecular formula is C13H17NO2. The molecular weight excluding hydrogens is 202 g/mol. The molecule has 86 valence electrons. The average Bonchev–Trinajstić information content (AvgIpc) is 2.78. The summed E-state index contributed by atoms with van der Waals surface area (Å²) >= 11 is 0. The molecule has 5 unspecified atom stereocenters. The van der Waals surface area contributed by atoms with Crippen LogP contribution in [0.2, 0.25) is 0 Å². The van der Waals surface area contributed by atoms with Gasteiger partial charge < -0.3 is 4.90 Å². The van der Waals surface area contributed by atoms with Gasteiger partial charge in [0.25, 0.3) is 0 Å². The van der Waals surface area contributed by atoms with Crippen molar-refractivity contribution >= 4 is 11.7 Å². The van der Waals surface area contributed by atoms with Gasteiger partial charge in [-0.25, -0.2) is 0 Å². The number of nitrogens with zero attached hydrogens (tertiary/aromatic N) is 1. The number of hydrogen-bond donors (Lipinski definition) is 0. The fraction of sp³-hybridized carbons (Fsp3) is 0.846. The van der Waals surface area contributed by atoms with E-state index in [1.807, 2.05) is 0 Å². The first-order valence-corrected chi connectivity index (χ1v) is 6.63. The van der Waals surface area contributed by atoms with Crippen LogP contribution in [0.1, 0.15) is 32.1 Å². The van der Waals surface area contributed by atoms with Crippen LogP contribution in [0.5, 0.6) is 0 Å². The van der Waals surface area contributed by atoms with Crippen LogP contribution < -0.4 is 0 Å². The molecule has 2 aliphatic heterocycles. The zero-order valence-electron chi connectivity index (χ0n) is 9.39. The molecule has 2 saturated carbocycles. The third-order valence-corrected chi connectivity index (χ3v) is 5.37. The van der Waals surface area contributed by atoms with Crippen molar-refractivity contribution in [2.24, 2.45) is 23.7 Å². The van der Waals surface area contributed by atoms with Crippen molar-refractivity contribution in [1.82, 2.24) is 4.90 Å². The van der Waals surface area contributed by atoms with Crippen molar-refractivity contribution in [1.29, 1.82) is 0 Å². The Morgan fingerprint density at radius 2 is 1.69 bits per heavy atom. The fourth-order valence-corrected chi connectivity index (χ4v) is 4.87. The quantitative estimate of drug-likeness (QED) is 0.614. The number of rotatable bonds is 0. The van der Waals surface area contributed by atoms with Crippen LogP contribution in [0.25, 0.3) is 0 Å². The Balaban J connectivity index is 1.83. The molecule has 2 aliphatic carbocycles. The van der Waals surface area contributed by atoms with Gasteiger partial charge in [0, 0.05) is 36.3 Å². The van der Waals surface area contributed by atoms with E-state index in [0.717, 1.165) is 38.6 Å². The topological polar surface area (TPSA) is 37.4 Å². The molecule has 0 bridgehead atoms. The highest BCUT2D eigenvalue weighted by Gasteiger charge is 2.63. The average molecular weight is 219 g/mol. The Kier molecular flexibility index (Phi) is 1.65. The Labute approximate surface area is 95.2 Å². The van der Waals surface area contributed by atoms with Gasteiger partial charge in [-0.2, -0.15) is 0 Å². The van der Waals surface area contributed by atoms with Crippen LogP contribution in [0.4, 0.5) is 0 Å². The maximum absolute atomic E-state index is 12.3. The summed E-state index contributed by atoms with van der Waals surface area (Å²) in [5, 5.41) is 0. The smallest absolute Gasteiger partial charge is 0.226 e. The largest absolute Gasteiger partial charge is 0.338 e. The summed E-state index contributed by atoms with van der Waals surface area (Å²) < 4.78 is 0. The Morgan fingerprint density at radius 1 is 0.938 bits per heavy atom. The summed E-state index contributed by atoms with van der Waals surface area (Å²) in [5.74, 6) is 1.92. The zero-order chi connectivity index (χ0) is 10.9. The van der Waals surface area contributed by atoms with Gasteiger partial charge >= 0.3 is 0 Å². The highest BCUT2D eigenvalue weighted by atomic mass is 16.2. The SMILES string of the molecule is O=C1C2CCCC3C(=O)N4CCCC1C4C23. The first kappa shape index (κ1) is 9.20. The predicted octanol–water partition coefficient (Wildman–Crippen LogP) is 1.22. The molecule has 5 atom stereocenters. The second-order valence-corrected chi connectivity index (χ2v) is 5.89. The van der Waals surface area contributed by atoms with Gasteiger partial charge in [-0.15, -0.1) is 0 Å². The Bertz CT molecular complexity index is 314. The third-order valence-electron chi connectivity index (χ3n) is 5.37. The number of carbonyl (C=O) groups excluding carboxylic acids is 2. The van der Waals surface area contributed by atoms with Crippen molar-refractivity contribution in [2.45, 2.75) is 38.1 Å². The van der Waals surface area contributed by atoms with E-state index in [9.17, 15) is 9.59 Å². The van der Waals surface area contributed by atoms with Crippen LogP contribution >= 0.6 is 0 Å². The van der Waals surface area contributed by atoms with Crippen LogP contribution in [0.15, 0.2) is 0 Å². The predicted molar refractivity (Wildman–Crippen MR) is 57.6 cm³/mol. The van der Waals surface area contributed by atoms with E-state index in [1.165, 1.54) is 0 Å². The van der Waals surface area contributed by atoms with E-state index < -0.39 is 0 Å². The minimum absolute atomic E-state index is 0.204. The Morgan fingerprint density at radius 3 is 2.56 bits per heavy atom. The minimum atomic E-state index is 0.204. The van der Waals surface area contributed by atoms with Crippen LogP contribution in [-0.2, 0) is 9.59 Å². The number of carbonyl (C=O) groups is 2. The van der Waals surface area contributed by atoms with Gasteiger partial charge in [0.15, 0.2) is 0 Å². The Hall–Kier alpha value is -0.860. The van der Waals surface area contributed by atoms with Crippen LogP contribution in [0.3, 0.4) is 0 Å². The van der Waals surface area contributed by atoms with Gasteiger partial charge in [0.1, 0.15) is 5.78 Å². The van der Waals surface area contributed by atoms with Gasteiger partial charge in [-0.05, 0) is 25.7 Å². The van der Waals surface area contributed by atoms with Crippen LogP contribution in [0, 0.1) is 23.7 Å². The van der Waals surface area contributed by atoms with E-state index in [4.69, 9.17) is 0 Å². The maximum Gasteiger partial charge on any atom is 0.226 e. The molecule has 0 aromatic heterocycles. The fourth-order valence-electron chi connectivity index (χ4n) is 4.87. The maximum atomic E-state index is 12.3. The molecule has 4 rings (SSSR count). The third kappa shape index (κ3) is 0.871. The van der Waals surface area contributed by atoms with Crippen molar-refractivity contribution < 1.29 is 9.59 Å². The van der Waals surface area contributed by atoms with Gasteiger partial charge in [0.05, 0.1) is 0 Å². The molecule has 0 aromatic rings. The molecule has 0 N–H and O–H groups in total. The van der Waals surface area contributed by atoms with E-state index in [0.29, 0.717) is 23.7 Å². The first-order valence-electron chi connectivity index (χ1n) is 6.63. The molecule has 0 radical (unpaired) electrons. The molecule has 16 heavy (non-hydrogen) atoms. The van der Waals surface area contributed by atoms with E-state index in [2.05, 4.69) is 4.90 Å². The molecule has 0 spiro atoms. The molecule has 3 heteroatoms. The lowest BCUT2D eigenvalue weighted by atomic mass is 9.74. The second kappa shape index (κ2) is 2.88. The number of Topliss-reactive ketones (excluding diaryl/α,β-unsaturated/α-hetero) is 1. The summed E-state index contributed by atoms with van der Waals surface area (Å²) in [4.78, 5) is 26.6. The van der Waals surface area contributed by atoms with E-state index in [-0.39, 0.29) is 17.8 Å². The van der Waals surface area contributed by atoms with Crippen molar-refractivity contribution in [3.05, 3.63) is 0 Å². The highest BCUT2D eigenvalue weighted by molar-refractivity contribution is 5.93. The zero-order valence-corrected chi connectivity index (χ0v) is 9.39. The number of hydrogen-bond acceptors (Lipinski definition) is 2. The summed E-state index contributed by atoms with van der Waals surface area (Å²) in [6.07, 6.45) is 5.23. The van der Waals surface area contributed by atoms with Crippen molar-refractivity contribution in [3.63, 3.8) is 0 Å². The molecule has 0 aromatic carbocycles. The number of piperidine rings is 1. The molecule has 1 amide bonds. The molecule has 4 fully saturated rings. The van der Waals surface area contributed by atoms with Crippen molar-refractivity contribution in [3.8, 4) is 0 Å². The van der Waals surface area contributed by atoms with Gasteiger partial charge in [-0.3, -0.25) is 9.59 Å². The minimum Gasteiger partial charge on any atom is -0.338 e. The molecule has 3 nitrogen and oxygen atoms in total. The van der Waals surface area contributed by atoms with Gasteiger partial charge in [-0.1, -0.05) is 6.42 Å². The lowest BCUT2D eigenvalue weighted by molar-refractivity contribution is -0.137. The molecule has 2 saturated heterocycles. The van der Waals surface area contributed by atoms with E-state index in [1.54, 1.807) is 0 Å². The summed E-state index contributed by atoms with van der Waals surface area (Å²) in [6, 6.07) is 0.309. The lowest BCUT2D eigenvalue weighted by Crippen LogP contribution is -2.44. The second-order valence-electron chi connectivity index (χ2n) is 5.89. The molecule has 4 aliphatic rings. The summed E-state index contributed by atoms with van der Waals surface area (Å²) in [7, 11) is 0. The summed E-state index contributed by atoms with van der Waals surface area (Å²) in [6.45, 7) is 0.910. The monoisotopic (exact) mass is 219 g/mol. The van der Waals surface area contributed by atoms with E-state index >= 15 is 0 Å². The standard InChI is InChI=1S/C13H17NO2/c15-12-7-3-1-4-8-10(7)11-9(12)5-2-6-14(11)13(8)16/h7-11H,1-6H2. The number of ketones is 1. The van der Waals surface area contributed by atoms with Crippen molar-refractivity contribution in [2.75, 3.05) is 6.54 Å². The highest BCUT2D eigenvalue weighted by Crippen LogP contribution is 2.55. The lowest BCUT2D eigenvalue weighted by Gasteiger charge is -2.33. The first-order chi connectivity index (χ1) is 7.79. The normalized spacial score (nSPS) is 49.8. The summed E-state index contributed by atoms with van der Waals surface area (Å²) in [5.41, 5.74) is 0. The number of amides is 1.